The predicted octanol–water partition coefficient (Wildman–Crippen LogP) is 7.16. The number of carbonyl (C=O) groups is 1. The highest BCUT2D eigenvalue weighted by Gasteiger charge is 2.03. The summed E-state index contributed by atoms with van der Waals surface area (Å²) in [5, 5.41) is 8.63. The van der Waals surface area contributed by atoms with E-state index < -0.39 is 5.97 Å². The van der Waals surface area contributed by atoms with Crippen LogP contribution in [0.5, 0.6) is 0 Å². The zero-order valence-corrected chi connectivity index (χ0v) is 16.7. The first-order valence-electron chi connectivity index (χ1n) is 9.91. The molecule has 0 fully saturated rings. The summed E-state index contributed by atoms with van der Waals surface area (Å²) in [5.74, 6) is 0.602. The molecule has 0 aliphatic rings. The number of rotatable bonds is 14. The van der Waals surface area contributed by atoms with E-state index in [0.717, 1.165) is 32.1 Å². The predicted molar refractivity (Wildman–Crippen MR) is 105 cm³/mol. The van der Waals surface area contributed by atoms with Crippen LogP contribution in [0.2, 0.25) is 0 Å². The molecule has 0 amide bonds. The van der Waals surface area contributed by atoms with Crippen molar-refractivity contribution in [3.63, 3.8) is 0 Å². The van der Waals surface area contributed by atoms with Crippen LogP contribution in [0.15, 0.2) is 23.3 Å². The average Bonchev–Trinajstić information content (AvgIpc) is 2.46. The minimum atomic E-state index is -0.676. The summed E-state index contributed by atoms with van der Waals surface area (Å²) in [6.07, 6.45) is 15.7. The van der Waals surface area contributed by atoms with Gasteiger partial charge in [0.15, 0.2) is 0 Å². The molecule has 0 spiro atoms. The van der Waals surface area contributed by atoms with Gasteiger partial charge in [-0.1, -0.05) is 76.2 Å². The van der Waals surface area contributed by atoms with Gasteiger partial charge in [-0.25, -0.2) is 0 Å². The molecule has 0 saturated carbocycles. The maximum absolute atomic E-state index is 10.5. The van der Waals surface area contributed by atoms with E-state index in [4.69, 9.17) is 5.11 Å². The Morgan fingerprint density at radius 3 is 1.83 bits per heavy atom. The van der Waals surface area contributed by atoms with E-state index in [0.29, 0.717) is 18.3 Å². The Morgan fingerprint density at radius 1 is 0.875 bits per heavy atom. The van der Waals surface area contributed by atoms with E-state index in [1.807, 2.05) is 0 Å². The zero-order valence-electron chi connectivity index (χ0n) is 16.7. The quantitative estimate of drug-likeness (QED) is 0.270. The van der Waals surface area contributed by atoms with Gasteiger partial charge in [0.1, 0.15) is 0 Å². The SMILES string of the molecule is CCCCC[C@@H](C)/C=C(/C)C/C(C)=C/[C@@H](C)CCCCCC(=O)O. The highest BCUT2D eigenvalue weighted by atomic mass is 16.4. The second-order valence-electron chi connectivity index (χ2n) is 7.65. The number of hydrogen-bond donors (Lipinski definition) is 1. The topological polar surface area (TPSA) is 37.3 Å². The third-order valence-corrected chi connectivity index (χ3v) is 4.51. The van der Waals surface area contributed by atoms with Gasteiger partial charge in [-0.3, -0.25) is 4.79 Å². The van der Waals surface area contributed by atoms with E-state index in [9.17, 15) is 4.79 Å². The van der Waals surface area contributed by atoms with E-state index in [1.165, 1.54) is 36.8 Å². The summed E-state index contributed by atoms with van der Waals surface area (Å²) in [6.45, 7) is 11.3. The minimum absolute atomic E-state index is 0.309. The van der Waals surface area contributed by atoms with Crippen LogP contribution in [0, 0.1) is 11.8 Å². The van der Waals surface area contributed by atoms with Crippen molar-refractivity contribution in [1.29, 1.82) is 0 Å². The normalized spacial score (nSPS) is 15.4. The Balaban J connectivity index is 4.06. The first kappa shape index (κ1) is 22.9. The molecule has 140 valence electrons. The lowest BCUT2D eigenvalue weighted by Gasteiger charge is -2.11. The lowest BCUT2D eigenvalue weighted by Crippen LogP contribution is -1.96. The van der Waals surface area contributed by atoms with Crippen molar-refractivity contribution in [2.45, 2.75) is 98.8 Å². The largest absolute Gasteiger partial charge is 0.481 e. The van der Waals surface area contributed by atoms with Crippen molar-refractivity contribution >= 4 is 5.97 Å². The summed E-state index contributed by atoms with van der Waals surface area (Å²) in [7, 11) is 0. The second-order valence-corrected chi connectivity index (χ2v) is 7.65. The van der Waals surface area contributed by atoms with Gasteiger partial charge in [0, 0.05) is 6.42 Å². The molecule has 0 aliphatic carbocycles. The Bertz CT molecular complexity index is 393. The van der Waals surface area contributed by atoms with Gasteiger partial charge in [-0.2, -0.15) is 0 Å². The van der Waals surface area contributed by atoms with E-state index in [1.54, 1.807) is 0 Å². The standard InChI is InChI=1S/C22H40O2/c1-6-7-9-12-18(2)15-20(4)17-21(5)16-19(3)13-10-8-11-14-22(23)24/h15-16,18-19H,6-14,17H2,1-5H3,(H,23,24)/b20-15-,21-16+/t18-,19+/m1/s1. The number of carboxylic acids is 1. The van der Waals surface area contributed by atoms with Crippen molar-refractivity contribution in [2.75, 3.05) is 0 Å². The molecule has 0 aromatic rings. The molecular weight excluding hydrogens is 296 g/mol. The molecule has 0 aromatic heterocycles. The van der Waals surface area contributed by atoms with Crippen LogP contribution < -0.4 is 0 Å². The number of aliphatic carboxylic acids is 1. The van der Waals surface area contributed by atoms with Crippen LogP contribution in [0.4, 0.5) is 0 Å². The van der Waals surface area contributed by atoms with Crippen molar-refractivity contribution in [3.8, 4) is 0 Å². The maximum atomic E-state index is 10.5. The van der Waals surface area contributed by atoms with Crippen LogP contribution in [-0.4, -0.2) is 11.1 Å². The molecule has 0 unspecified atom stereocenters. The van der Waals surface area contributed by atoms with E-state index in [-0.39, 0.29) is 0 Å². The molecule has 0 radical (unpaired) electrons. The lowest BCUT2D eigenvalue weighted by molar-refractivity contribution is -0.137. The fourth-order valence-electron chi connectivity index (χ4n) is 3.33. The van der Waals surface area contributed by atoms with Crippen molar-refractivity contribution in [3.05, 3.63) is 23.3 Å². The molecule has 0 saturated heterocycles. The van der Waals surface area contributed by atoms with Gasteiger partial charge < -0.3 is 5.11 Å². The fourth-order valence-corrected chi connectivity index (χ4v) is 3.33. The highest BCUT2D eigenvalue weighted by Crippen LogP contribution is 2.19. The molecule has 1 N–H and O–H groups in total. The van der Waals surface area contributed by atoms with E-state index in [2.05, 4.69) is 46.8 Å². The summed E-state index contributed by atoms with van der Waals surface area (Å²) >= 11 is 0. The zero-order chi connectivity index (χ0) is 18.4. The summed E-state index contributed by atoms with van der Waals surface area (Å²) in [4.78, 5) is 10.5. The summed E-state index contributed by atoms with van der Waals surface area (Å²) in [6, 6.07) is 0. The van der Waals surface area contributed by atoms with E-state index >= 15 is 0 Å². The van der Waals surface area contributed by atoms with Gasteiger partial charge >= 0.3 is 5.97 Å². The van der Waals surface area contributed by atoms with Gasteiger partial charge in [-0.05, 0) is 51.4 Å². The minimum Gasteiger partial charge on any atom is -0.481 e. The summed E-state index contributed by atoms with van der Waals surface area (Å²) in [5.41, 5.74) is 2.95. The van der Waals surface area contributed by atoms with Crippen molar-refractivity contribution < 1.29 is 9.90 Å². The molecule has 2 heteroatoms. The second kappa shape index (κ2) is 14.3. The van der Waals surface area contributed by atoms with Crippen LogP contribution in [0.3, 0.4) is 0 Å². The third kappa shape index (κ3) is 14.5. The lowest BCUT2D eigenvalue weighted by atomic mass is 9.95. The monoisotopic (exact) mass is 336 g/mol. The van der Waals surface area contributed by atoms with Crippen LogP contribution in [0.25, 0.3) is 0 Å². The Kier molecular flexibility index (Phi) is 13.7. The molecular formula is C22H40O2. The van der Waals surface area contributed by atoms with Gasteiger partial charge in [0.05, 0.1) is 0 Å². The number of hydrogen-bond acceptors (Lipinski definition) is 1. The highest BCUT2D eigenvalue weighted by molar-refractivity contribution is 5.66. The molecule has 0 heterocycles. The van der Waals surface area contributed by atoms with Crippen LogP contribution in [-0.2, 0) is 4.79 Å². The first-order valence-corrected chi connectivity index (χ1v) is 9.91. The van der Waals surface area contributed by atoms with Gasteiger partial charge in [-0.15, -0.1) is 0 Å². The Labute approximate surface area is 150 Å². The van der Waals surface area contributed by atoms with Crippen LogP contribution in [0.1, 0.15) is 98.8 Å². The molecule has 0 bridgehead atoms. The molecule has 0 aromatic carbocycles. The van der Waals surface area contributed by atoms with Gasteiger partial charge in [0.25, 0.3) is 0 Å². The molecule has 2 atom stereocenters. The number of unbranched alkanes of at least 4 members (excludes halogenated alkanes) is 4. The Morgan fingerprint density at radius 2 is 1.38 bits per heavy atom. The summed E-state index contributed by atoms with van der Waals surface area (Å²) < 4.78 is 0. The molecule has 0 aliphatic heterocycles. The molecule has 0 rings (SSSR count). The molecule has 2 nitrogen and oxygen atoms in total. The van der Waals surface area contributed by atoms with Crippen LogP contribution >= 0.6 is 0 Å². The van der Waals surface area contributed by atoms with Crippen molar-refractivity contribution in [1.82, 2.24) is 0 Å². The molecule has 24 heavy (non-hydrogen) atoms. The fraction of sp³-hybridized carbons (Fsp3) is 0.773. The maximum Gasteiger partial charge on any atom is 0.303 e. The number of allylic oxidation sites excluding steroid dienone is 4. The number of carboxylic acid groups (broad SMARTS) is 1. The van der Waals surface area contributed by atoms with Crippen molar-refractivity contribution in [2.24, 2.45) is 11.8 Å². The Hall–Kier alpha value is -1.05. The first-order chi connectivity index (χ1) is 11.3. The smallest absolute Gasteiger partial charge is 0.303 e. The van der Waals surface area contributed by atoms with Gasteiger partial charge in [0.2, 0.25) is 0 Å². The third-order valence-electron chi connectivity index (χ3n) is 4.51. The average molecular weight is 337 g/mol.